The molecule has 0 nitrogen and oxygen atoms in total. The zero-order valence-corrected chi connectivity index (χ0v) is 13.6. The molecule has 0 bridgehead atoms. The second-order valence-corrected chi connectivity index (χ2v) is 4.94. The maximum absolute atomic E-state index is 3.84. The minimum absolute atomic E-state index is 0.128. The van der Waals surface area contributed by atoms with Crippen molar-refractivity contribution in [3.63, 3.8) is 0 Å². The molecule has 0 aromatic rings. The molecule has 0 rings (SSSR count). The van der Waals surface area contributed by atoms with Crippen molar-refractivity contribution in [2.75, 3.05) is 0 Å². The molecule has 0 N–H and O–H groups in total. The second kappa shape index (κ2) is 10.4. The molecule has 0 fully saturated rings. The summed E-state index contributed by atoms with van der Waals surface area (Å²) >= 11 is 0. The molecule has 0 unspecified atom stereocenters. The normalized spacial score (nSPS) is 11.5. The van der Waals surface area contributed by atoms with Crippen molar-refractivity contribution in [3.05, 3.63) is 37.0 Å². The Morgan fingerprint density at radius 1 is 0.824 bits per heavy atom. The highest BCUT2D eigenvalue weighted by Gasteiger charge is 2.34. The van der Waals surface area contributed by atoms with E-state index in [9.17, 15) is 0 Å². The summed E-state index contributed by atoms with van der Waals surface area (Å²) in [5.74, 6) is 0. The van der Waals surface area contributed by atoms with Crippen LogP contribution < -0.4 is 0 Å². The maximum atomic E-state index is 3.84. The lowest BCUT2D eigenvalue weighted by Crippen LogP contribution is -2.30. The minimum atomic E-state index is 0.128. The van der Waals surface area contributed by atoms with Gasteiger partial charge in [-0.2, -0.15) is 0 Å². The lowest BCUT2D eigenvalue weighted by Gasteiger charge is -2.40. The first kappa shape index (κ1) is 21.5. The van der Waals surface area contributed by atoms with Crippen LogP contribution in [0.4, 0.5) is 0 Å². The Morgan fingerprint density at radius 2 is 1.18 bits per heavy atom. The van der Waals surface area contributed by atoms with Crippen LogP contribution in [0.1, 0.15) is 62.3 Å². The van der Waals surface area contributed by atoms with Gasteiger partial charge in [0.2, 0.25) is 0 Å². The molecular formula is C17H34. The van der Waals surface area contributed by atoms with Crippen LogP contribution in [0.25, 0.3) is 0 Å². The van der Waals surface area contributed by atoms with Crippen LogP contribution in [0.3, 0.4) is 0 Å². The quantitative estimate of drug-likeness (QED) is 0.498. The monoisotopic (exact) mass is 238 g/mol. The van der Waals surface area contributed by atoms with Gasteiger partial charge in [-0.05, 0) is 16.4 Å². The molecule has 0 saturated carbocycles. The molecule has 0 heteroatoms. The van der Waals surface area contributed by atoms with Crippen LogP contribution in [0.5, 0.6) is 0 Å². The van der Waals surface area contributed by atoms with Crippen molar-refractivity contribution in [1.29, 1.82) is 0 Å². The lowest BCUT2D eigenvalue weighted by atomic mass is 9.65. The van der Waals surface area contributed by atoms with E-state index in [4.69, 9.17) is 0 Å². The summed E-state index contributed by atoms with van der Waals surface area (Å²) in [7, 11) is 0. The Labute approximate surface area is 111 Å². The van der Waals surface area contributed by atoms with Crippen LogP contribution in [-0.2, 0) is 0 Å². The van der Waals surface area contributed by atoms with Crippen molar-refractivity contribution in [2.24, 2.45) is 10.8 Å². The zero-order chi connectivity index (χ0) is 14.7. The number of rotatable bonds is 3. The molecule has 0 radical (unpaired) electrons. The van der Waals surface area contributed by atoms with Gasteiger partial charge >= 0.3 is 0 Å². The minimum Gasteiger partial charge on any atom is -0.0991 e. The molecule has 0 aromatic heterocycles. The van der Waals surface area contributed by atoms with Gasteiger partial charge < -0.3 is 0 Å². The topological polar surface area (TPSA) is 0 Å². The summed E-state index contributed by atoms with van der Waals surface area (Å²) in [5, 5.41) is 0. The molecule has 17 heavy (non-hydrogen) atoms. The van der Waals surface area contributed by atoms with E-state index in [2.05, 4.69) is 47.8 Å². The van der Waals surface area contributed by atoms with E-state index >= 15 is 0 Å². The molecule has 0 saturated heterocycles. The first-order valence-electron chi connectivity index (χ1n) is 6.73. The lowest BCUT2D eigenvalue weighted by molar-refractivity contribution is 0.182. The summed E-state index contributed by atoms with van der Waals surface area (Å²) < 4.78 is 0. The van der Waals surface area contributed by atoms with Gasteiger partial charge in [-0.3, -0.25) is 0 Å². The molecule has 0 heterocycles. The van der Waals surface area contributed by atoms with E-state index in [1.165, 1.54) is 5.57 Å². The van der Waals surface area contributed by atoms with Crippen molar-refractivity contribution in [1.82, 2.24) is 0 Å². The molecule has 0 aliphatic rings. The fourth-order valence-electron chi connectivity index (χ4n) is 1.09. The zero-order valence-electron chi connectivity index (χ0n) is 13.6. The third kappa shape index (κ3) is 7.20. The highest BCUT2D eigenvalue weighted by atomic mass is 14.4. The highest BCUT2D eigenvalue weighted by Crippen LogP contribution is 2.44. The van der Waals surface area contributed by atoms with Crippen LogP contribution in [-0.4, -0.2) is 0 Å². The SMILES string of the molecule is C=C/C=C(\C=C)C(C)(C)C(C)(C)C.CC.CC. The van der Waals surface area contributed by atoms with Gasteiger partial charge in [0.05, 0.1) is 0 Å². The fourth-order valence-corrected chi connectivity index (χ4v) is 1.09. The molecule has 0 atom stereocenters. The van der Waals surface area contributed by atoms with Crippen LogP contribution in [0.2, 0.25) is 0 Å². The Balaban J connectivity index is -0.000000439. The van der Waals surface area contributed by atoms with Crippen molar-refractivity contribution >= 4 is 0 Å². The smallest absolute Gasteiger partial charge is 0.00553 e. The van der Waals surface area contributed by atoms with Gasteiger partial charge in [0.25, 0.3) is 0 Å². The van der Waals surface area contributed by atoms with Gasteiger partial charge in [-0.25, -0.2) is 0 Å². The predicted octanol–water partition coefficient (Wildman–Crippen LogP) is 6.41. The van der Waals surface area contributed by atoms with Gasteiger partial charge in [0.1, 0.15) is 0 Å². The van der Waals surface area contributed by atoms with E-state index in [1.54, 1.807) is 0 Å². The number of hydrogen-bond acceptors (Lipinski definition) is 0. The fraction of sp³-hybridized carbons (Fsp3) is 0.647. The average Bonchev–Trinajstić information content (AvgIpc) is 2.29. The van der Waals surface area contributed by atoms with E-state index in [0.717, 1.165) is 0 Å². The summed E-state index contributed by atoms with van der Waals surface area (Å²) in [6.07, 6.45) is 5.79. The first-order valence-corrected chi connectivity index (χ1v) is 6.73. The molecular weight excluding hydrogens is 204 g/mol. The average molecular weight is 238 g/mol. The molecule has 0 spiro atoms. The first-order chi connectivity index (χ1) is 7.77. The Hall–Kier alpha value is -0.780. The molecule has 0 amide bonds. The summed E-state index contributed by atoms with van der Waals surface area (Å²) in [6.45, 7) is 26.8. The molecule has 0 aliphatic carbocycles. The standard InChI is InChI=1S/C13H22.2C2H6/c1-8-10-11(9-2)13(6,7)12(3,4)5;2*1-2/h8-10H,1-2H2,3-7H3;2*1-2H3/b11-10+;;. The van der Waals surface area contributed by atoms with Gasteiger partial charge in [0.15, 0.2) is 0 Å². The predicted molar refractivity (Wildman–Crippen MR) is 84.4 cm³/mol. The van der Waals surface area contributed by atoms with Crippen molar-refractivity contribution in [2.45, 2.75) is 62.3 Å². The number of hydrogen-bond donors (Lipinski definition) is 0. The van der Waals surface area contributed by atoms with Crippen LogP contribution in [0, 0.1) is 10.8 Å². The van der Waals surface area contributed by atoms with Gasteiger partial charge in [-0.1, -0.05) is 93.7 Å². The van der Waals surface area contributed by atoms with Gasteiger partial charge in [0, 0.05) is 0 Å². The molecule has 102 valence electrons. The second-order valence-electron chi connectivity index (χ2n) is 4.94. The van der Waals surface area contributed by atoms with Crippen molar-refractivity contribution in [3.8, 4) is 0 Å². The Bertz CT molecular complexity index is 221. The van der Waals surface area contributed by atoms with E-state index in [-0.39, 0.29) is 10.8 Å². The Morgan fingerprint density at radius 3 is 1.35 bits per heavy atom. The van der Waals surface area contributed by atoms with Crippen molar-refractivity contribution < 1.29 is 0 Å². The summed E-state index contributed by atoms with van der Waals surface area (Å²) in [4.78, 5) is 0. The summed E-state index contributed by atoms with van der Waals surface area (Å²) in [6, 6.07) is 0. The number of allylic oxidation sites excluding steroid dienone is 4. The van der Waals surface area contributed by atoms with Crippen LogP contribution in [0.15, 0.2) is 37.0 Å². The molecule has 0 aliphatic heterocycles. The largest absolute Gasteiger partial charge is 0.0991 e. The van der Waals surface area contributed by atoms with Gasteiger partial charge in [-0.15, -0.1) is 0 Å². The Kier molecular flexibility index (Phi) is 13.1. The summed E-state index contributed by atoms with van der Waals surface area (Å²) in [5.41, 5.74) is 1.61. The highest BCUT2D eigenvalue weighted by molar-refractivity contribution is 5.29. The van der Waals surface area contributed by atoms with Crippen LogP contribution >= 0.6 is 0 Å². The third-order valence-corrected chi connectivity index (χ3v) is 3.11. The van der Waals surface area contributed by atoms with E-state index in [1.807, 2.05) is 45.9 Å². The van der Waals surface area contributed by atoms with E-state index in [0.29, 0.717) is 0 Å². The third-order valence-electron chi connectivity index (χ3n) is 3.11. The van der Waals surface area contributed by atoms with E-state index < -0.39 is 0 Å². The maximum Gasteiger partial charge on any atom is -0.00553 e. The molecule has 0 aromatic carbocycles.